The van der Waals surface area contributed by atoms with E-state index in [4.69, 9.17) is 12.2 Å². The number of allylic oxidation sites excluding steroid dienone is 1. The number of aliphatic hydroxyl groups is 1. The number of nitrogens with zero attached hydrogens (tertiary/aromatic N) is 1. The Morgan fingerprint density at radius 3 is 2.50 bits per heavy atom. The highest BCUT2D eigenvalue weighted by molar-refractivity contribution is 7.80. The molecule has 4 nitrogen and oxygen atoms in total. The molecule has 1 rings (SSSR count). The van der Waals surface area contributed by atoms with Crippen molar-refractivity contribution in [1.82, 2.24) is 10.4 Å². The zero-order valence-electron chi connectivity index (χ0n) is 7.25. The Balaban J connectivity index is 3.13. The fourth-order valence-electron chi connectivity index (χ4n) is 1.08. The van der Waals surface area contributed by atoms with E-state index in [9.17, 15) is 10.3 Å². The molecule has 0 amide bonds. The number of hydroxylamine groups is 2. The topological polar surface area (TPSA) is 55.7 Å². The van der Waals surface area contributed by atoms with E-state index >= 15 is 0 Å². The van der Waals surface area contributed by atoms with Gasteiger partial charge in [-0.15, -0.1) is 0 Å². The van der Waals surface area contributed by atoms with Crippen LogP contribution in [0.3, 0.4) is 0 Å². The molecule has 1 aliphatic rings. The van der Waals surface area contributed by atoms with Crippen molar-refractivity contribution in [1.29, 1.82) is 0 Å². The van der Waals surface area contributed by atoms with Crippen molar-refractivity contribution in [2.24, 2.45) is 0 Å². The monoisotopic (exact) mass is 188 g/mol. The largest absolute Gasteiger partial charge is 0.508 e. The standard InChI is InChI=1S/C7H12N2O2S/c1-4-5(10)7(2,3)8-6(12)9(4)11/h10-11H,1-3H3,(H,8,12). The Morgan fingerprint density at radius 1 is 1.50 bits per heavy atom. The summed E-state index contributed by atoms with van der Waals surface area (Å²) in [7, 11) is 0. The summed E-state index contributed by atoms with van der Waals surface area (Å²) in [6, 6.07) is 0. The van der Waals surface area contributed by atoms with Gasteiger partial charge in [0.2, 0.25) is 0 Å². The molecule has 0 bridgehead atoms. The van der Waals surface area contributed by atoms with Crippen LogP contribution in [-0.2, 0) is 0 Å². The molecule has 0 aromatic heterocycles. The minimum absolute atomic E-state index is 0.0959. The highest BCUT2D eigenvalue weighted by Crippen LogP contribution is 2.23. The lowest BCUT2D eigenvalue weighted by molar-refractivity contribution is 0.00439. The average molecular weight is 188 g/mol. The zero-order chi connectivity index (χ0) is 9.52. The third-order valence-electron chi connectivity index (χ3n) is 1.86. The van der Waals surface area contributed by atoms with Gasteiger partial charge >= 0.3 is 0 Å². The van der Waals surface area contributed by atoms with Gasteiger partial charge in [0, 0.05) is 0 Å². The van der Waals surface area contributed by atoms with E-state index < -0.39 is 5.54 Å². The van der Waals surface area contributed by atoms with Gasteiger partial charge in [0.1, 0.15) is 5.76 Å². The van der Waals surface area contributed by atoms with Crippen LogP contribution in [-0.4, -0.2) is 26.0 Å². The van der Waals surface area contributed by atoms with E-state index in [0.29, 0.717) is 5.70 Å². The van der Waals surface area contributed by atoms with Crippen LogP contribution in [0.5, 0.6) is 0 Å². The molecule has 0 aromatic rings. The third-order valence-corrected chi connectivity index (χ3v) is 2.14. The van der Waals surface area contributed by atoms with Crippen molar-refractivity contribution in [3.8, 4) is 0 Å². The molecule has 0 aliphatic carbocycles. The summed E-state index contributed by atoms with van der Waals surface area (Å²) in [5, 5.41) is 22.6. The van der Waals surface area contributed by atoms with Crippen LogP contribution in [0.4, 0.5) is 0 Å². The van der Waals surface area contributed by atoms with Crippen molar-refractivity contribution < 1.29 is 10.3 Å². The lowest BCUT2D eigenvalue weighted by Gasteiger charge is -2.36. The highest BCUT2D eigenvalue weighted by atomic mass is 32.1. The van der Waals surface area contributed by atoms with Crippen LogP contribution in [0.15, 0.2) is 11.5 Å². The van der Waals surface area contributed by atoms with E-state index in [1.807, 2.05) is 0 Å². The maximum absolute atomic E-state index is 9.55. The second kappa shape index (κ2) is 2.60. The van der Waals surface area contributed by atoms with E-state index in [1.54, 1.807) is 20.8 Å². The van der Waals surface area contributed by atoms with Gasteiger partial charge in [-0.2, -0.15) is 5.06 Å². The highest BCUT2D eigenvalue weighted by Gasteiger charge is 2.33. The summed E-state index contributed by atoms with van der Waals surface area (Å²) >= 11 is 4.83. The summed E-state index contributed by atoms with van der Waals surface area (Å²) in [5.74, 6) is 0.0959. The molecular formula is C7H12N2O2S. The van der Waals surface area contributed by atoms with Crippen LogP contribution in [0.2, 0.25) is 0 Å². The molecule has 0 unspecified atom stereocenters. The van der Waals surface area contributed by atoms with E-state index in [2.05, 4.69) is 5.32 Å². The van der Waals surface area contributed by atoms with Gasteiger partial charge in [0.25, 0.3) is 0 Å². The Labute approximate surface area is 76.4 Å². The zero-order valence-corrected chi connectivity index (χ0v) is 8.07. The van der Waals surface area contributed by atoms with Gasteiger partial charge in [0.05, 0.1) is 11.2 Å². The van der Waals surface area contributed by atoms with Gasteiger partial charge < -0.3 is 10.4 Å². The van der Waals surface area contributed by atoms with Crippen LogP contribution >= 0.6 is 12.2 Å². The first-order chi connectivity index (χ1) is 5.36. The molecule has 0 saturated carbocycles. The first kappa shape index (κ1) is 9.28. The maximum atomic E-state index is 9.55. The number of thiocarbonyl (C=S) groups is 1. The molecule has 0 radical (unpaired) electrons. The van der Waals surface area contributed by atoms with E-state index in [0.717, 1.165) is 5.06 Å². The Bertz CT molecular complexity index is 260. The van der Waals surface area contributed by atoms with Gasteiger partial charge in [-0.3, -0.25) is 5.21 Å². The Morgan fingerprint density at radius 2 is 2.00 bits per heavy atom. The summed E-state index contributed by atoms with van der Waals surface area (Å²) < 4.78 is 0. The smallest absolute Gasteiger partial charge is 0.198 e. The predicted octanol–water partition coefficient (Wildman–Crippen LogP) is 1.13. The molecule has 3 N–H and O–H groups in total. The fourth-order valence-corrected chi connectivity index (χ4v) is 1.48. The molecule has 0 aromatic carbocycles. The number of hydrogen-bond donors (Lipinski definition) is 3. The Hall–Kier alpha value is -0.810. The summed E-state index contributed by atoms with van der Waals surface area (Å²) in [4.78, 5) is 0. The van der Waals surface area contributed by atoms with E-state index in [1.165, 1.54) is 0 Å². The molecular weight excluding hydrogens is 176 g/mol. The lowest BCUT2D eigenvalue weighted by atomic mass is 10.00. The fraction of sp³-hybridized carbons (Fsp3) is 0.571. The quantitative estimate of drug-likeness (QED) is 0.498. The summed E-state index contributed by atoms with van der Waals surface area (Å²) in [6.45, 7) is 5.17. The molecule has 12 heavy (non-hydrogen) atoms. The van der Waals surface area contributed by atoms with Crippen molar-refractivity contribution >= 4 is 17.3 Å². The first-order valence-corrected chi connectivity index (χ1v) is 3.98. The summed E-state index contributed by atoms with van der Waals surface area (Å²) in [6.07, 6.45) is 0. The van der Waals surface area contributed by atoms with E-state index in [-0.39, 0.29) is 10.9 Å². The van der Waals surface area contributed by atoms with Crippen LogP contribution in [0.25, 0.3) is 0 Å². The van der Waals surface area contributed by atoms with Gasteiger partial charge in [-0.1, -0.05) is 0 Å². The van der Waals surface area contributed by atoms with Crippen molar-refractivity contribution in [3.05, 3.63) is 11.5 Å². The molecule has 1 aliphatic heterocycles. The minimum atomic E-state index is -0.597. The normalized spacial score (nSPS) is 22.7. The molecule has 0 atom stereocenters. The first-order valence-electron chi connectivity index (χ1n) is 3.57. The molecule has 68 valence electrons. The average Bonchev–Trinajstić information content (AvgIpc) is 1.97. The summed E-state index contributed by atoms with van der Waals surface area (Å²) in [5.41, 5.74) is -0.232. The van der Waals surface area contributed by atoms with Crippen LogP contribution < -0.4 is 5.32 Å². The molecule has 1 heterocycles. The number of rotatable bonds is 0. The SMILES string of the molecule is CC1=C(O)C(C)(C)NC(=S)N1O. The second-order valence-electron chi connectivity index (χ2n) is 3.30. The van der Waals surface area contributed by atoms with Gasteiger partial charge in [-0.05, 0) is 33.0 Å². The number of aliphatic hydroxyl groups excluding tert-OH is 1. The molecule has 5 heteroatoms. The van der Waals surface area contributed by atoms with Gasteiger partial charge in [-0.25, -0.2) is 0 Å². The second-order valence-corrected chi connectivity index (χ2v) is 3.69. The maximum Gasteiger partial charge on any atom is 0.198 e. The van der Waals surface area contributed by atoms with Gasteiger partial charge in [0.15, 0.2) is 5.11 Å². The van der Waals surface area contributed by atoms with Crippen molar-refractivity contribution in [3.63, 3.8) is 0 Å². The molecule has 0 saturated heterocycles. The van der Waals surface area contributed by atoms with Crippen molar-refractivity contribution in [2.45, 2.75) is 26.3 Å². The van der Waals surface area contributed by atoms with Crippen LogP contribution in [0, 0.1) is 0 Å². The number of hydrogen-bond acceptors (Lipinski definition) is 3. The predicted molar refractivity (Wildman–Crippen MR) is 48.8 cm³/mol. The van der Waals surface area contributed by atoms with Crippen molar-refractivity contribution in [2.75, 3.05) is 0 Å². The lowest BCUT2D eigenvalue weighted by Crippen LogP contribution is -2.54. The Kier molecular flexibility index (Phi) is 2.01. The third kappa shape index (κ3) is 1.25. The molecule has 0 fully saturated rings. The minimum Gasteiger partial charge on any atom is -0.508 e. The van der Waals surface area contributed by atoms with Crippen LogP contribution in [0.1, 0.15) is 20.8 Å². The number of nitrogens with one attached hydrogen (secondary N) is 1. The molecule has 0 spiro atoms.